The number of anilines is 1. The second-order valence-electron chi connectivity index (χ2n) is 8.61. The minimum atomic E-state index is 0.00327. The third-order valence-corrected chi connectivity index (χ3v) is 5.60. The van der Waals surface area contributed by atoms with E-state index in [2.05, 4.69) is 47.4 Å². The van der Waals surface area contributed by atoms with Gasteiger partial charge in [0.15, 0.2) is 5.65 Å². The summed E-state index contributed by atoms with van der Waals surface area (Å²) in [6.07, 6.45) is 2.75. The number of carbonyl (C=O) groups excluding carboxylic acids is 1. The second-order valence-corrected chi connectivity index (χ2v) is 8.61. The summed E-state index contributed by atoms with van der Waals surface area (Å²) < 4.78 is 1.91. The van der Waals surface area contributed by atoms with Crippen LogP contribution in [0.4, 0.5) is 10.6 Å². The molecule has 8 nitrogen and oxygen atoms in total. The fraction of sp³-hybridized carbons (Fsp3) is 0.478. The van der Waals surface area contributed by atoms with E-state index < -0.39 is 0 Å². The summed E-state index contributed by atoms with van der Waals surface area (Å²) in [4.78, 5) is 26.1. The van der Waals surface area contributed by atoms with E-state index in [-0.39, 0.29) is 12.1 Å². The Kier molecular flexibility index (Phi) is 5.80. The van der Waals surface area contributed by atoms with Crippen molar-refractivity contribution in [1.29, 1.82) is 0 Å². The molecule has 1 saturated heterocycles. The molecule has 0 radical (unpaired) electrons. The SMILES string of the molecule is Cc1ccc(-n2ncc3c(N4CCCN(C(=O)NC(C)C)CC4)nc(C)nc32)c(C)c1. The van der Waals surface area contributed by atoms with Crippen LogP contribution in [0.1, 0.15) is 37.2 Å². The summed E-state index contributed by atoms with van der Waals surface area (Å²) in [5, 5.41) is 8.59. The third kappa shape index (κ3) is 4.33. The highest BCUT2D eigenvalue weighted by molar-refractivity contribution is 5.88. The number of carbonyl (C=O) groups is 1. The lowest BCUT2D eigenvalue weighted by molar-refractivity contribution is 0.199. The van der Waals surface area contributed by atoms with Crippen molar-refractivity contribution in [2.75, 3.05) is 31.1 Å². The van der Waals surface area contributed by atoms with E-state index in [1.165, 1.54) is 5.56 Å². The number of amides is 2. The lowest BCUT2D eigenvalue weighted by Gasteiger charge is -2.24. The number of urea groups is 1. The Bertz CT molecular complexity index is 1100. The van der Waals surface area contributed by atoms with Crippen molar-refractivity contribution < 1.29 is 4.79 Å². The van der Waals surface area contributed by atoms with Crippen LogP contribution in [-0.2, 0) is 0 Å². The Morgan fingerprint density at radius 1 is 1.06 bits per heavy atom. The molecular weight excluding hydrogens is 390 g/mol. The molecule has 1 N–H and O–H groups in total. The number of hydrogen-bond donors (Lipinski definition) is 1. The Balaban J connectivity index is 1.66. The molecule has 1 fully saturated rings. The first kappa shape index (κ1) is 21.1. The maximum absolute atomic E-state index is 12.4. The molecule has 0 saturated carbocycles. The van der Waals surface area contributed by atoms with Gasteiger partial charge in [0.2, 0.25) is 0 Å². The lowest BCUT2D eigenvalue weighted by Crippen LogP contribution is -2.44. The molecule has 1 aromatic carbocycles. The van der Waals surface area contributed by atoms with Crippen molar-refractivity contribution in [3.8, 4) is 5.69 Å². The van der Waals surface area contributed by atoms with Crippen molar-refractivity contribution in [2.45, 2.75) is 47.1 Å². The highest BCUT2D eigenvalue weighted by atomic mass is 16.2. The van der Waals surface area contributed by atoms with Crippen LogP contribution in [0.2, 0.25) is 0 Å². The Labute approximate surface area is 183 Å². The third-order valence-electron chi connectivity index (χ3n) is 5.60. The van der Waals surface area contributed by atoms with Crippen LogP contribution in [0.15, 0.2) is 24.4 Å². The van der Waals surface area contributed by atoms with Gasteiger partial charge in [-0.3, -0.25) is 0 Å². The maximum Gasteiger partial charge on any atom is 0.317 e. The number of fused-ring (bicyclic) bond motifs is 1. The van der Waals surface area contributed by atoms with Gasteiger partial charge in [-0.2, -0.15) is 5.10 Å². The number of rotatable bonds is 3. The quantitative estimate of drug-likeness (QED) is 0.701. The van der Waals surface area contributed by atoms with Gasteiger partial charge in [0, 0.05) is 32.2 Å². The topological polar surface area (TPSA) is 79.2 Å². The summed E-state index contributed by atoms with van der Waals surface area (Å²) in [5.41, 5.74) is 4.22. The van der Waals surface area contributed by atoms with E-state index in [9.17, 15) is 4.79 Å². The number of aromatic nitrogens is 4. The van der Waals surface area contributed by atoms with Gasteiger partial charge in [-0.1, -0.05) is 17.7 Å². The molecule has 0 bridgehead atoms. The molecule has 0 spiro atoms. The summed E-state index contributed by atoms with van der Waals surface area (Å²) in [5.74, 6) is 1.61. The Morgan fingerprint density at radius 2 is 1.87 bits per heavy atom. The maximum atomic E-state index is 12.4. The van der Waals surface area contributed by atoms with E-state index in [0.717, 1.165) is 54.2 Å². The van der Waals surface area contributed by atoms with Gasteiger partial charge in [-0.05, 0) is 52.7 Å². The van der Waals surface area contributed by atoms with Crippen LogP contribution in [0.25, 0.3) is 16.7 Å². The number of hydrogen-bond acceptors (Lipinski definition) is 5. The molecule has 2 amide bonds. The van der Waals surface area contributed by atoms with E-state index in [1.54, 1.807) is 0 Å². The van der Waals surface area contributed by atoms with Gasteiger partial charge >= 0.3 is 6.03 Å². The fourth-order valence-electron chi connectivity index (χ4n) is 4.13. The summed E-state index contributed by atoms with van der Waals surface area (Å²) in [7, 11) is 0. The zero-order chi connectivity index (χ0) is 22.1. The Hall–Kier alpha value is -3.16. The molecule has 2 aromatic heterocycles. The number of aryl methyl sites for hydroxylation is 3. The molecule has 0 aliphatic carbocycles. The van der Waals surface area contributed by atoms with Crippen LogP contribution >= 0.6 is 0 Å². The molecule has 0 atom stereocenters. The summed E-state index contributed by atoms with van der Waals surface area (Å²) in [6, 6.07) is 6.47. The fourth-order valence-corrected chi connectivity index (χ4v) is 4.13. The monoisotopic (exact) mass is 421 g/mol. The standard InChI is InChI=1S/C23H31N7O/c1-15(2)25-23(31)29-10-6-9-28(11-12-29)21-19-14-24-30(22(19)27-18(5)26-21)20-8-7-16(3)13-17(20)4/h7-8,13-15H,6,9-12H2,1-5H3,(H,25,31). The second kappa shape index (κ2) is 8.53. The van der Waals surface area contributed by atoms with Crippen molar-refractivity contribution in [3.63, 3.8) is 0 Å². The molecule has 31 heavy (non-hydrogen) atoms. The predicted molar refractivity (Wildman–Crippen MR) is 123 cm³/mol. The van der Waals surface area contributed by atoms with Crippen molar-refractivity contribution in [2.24, 2.45) is 0 Å². The van der Waals surface area contributed by atoms with Crippen LogP contribution in [0.5, 0.6) is 0 Å². The van der Waals surface area contributed by atoms with Gasteiger partial charge in [0.1, 0.15) is 11.6 Å². The molecule has 164 valence electrons. The zero-order valence-electron chi connectivity index (χ0n) is 19.0. The number of nitrogens with one attached hydrogen (secondary N) is 1. The first-order valence-electron chi connectivity index (χ1n) is 10.9. The van der Waals surface area contributed by atoms with Crippen LogP contribution in [0, 0.1) is 20.8 Å². The first-order chi connectivity index (χ1) is 14.8. The molecule has 1 aliphatic heterocycles. The zero-order valence-corrected chi connectivity index (χ0v) is 19.0. The molecular formula is C23H31N7O. The van der Waals surface area contributed by atoms with Gasteiger partial charge in [-0.25, -0.2) is 19.4 Å². The van der Waals surface area contributed by atoms with E-state index in [1.807, 2.05) is 36.5 Å². The minimum absolute atomic E-state index is 0.00327. The van der Waals surface area contributed by atoms with Gasteiger partial charge in [0.05, 0.1) is 17.3 Å². The lowest BCUT2D eigenvalue weighted by atomic mass is 10.1. The molecule has 1 aliphatic rings. The summed E-state index contributed by atoms with van der Waals surface area (Å²) in [6.45, 7) is 13.0. The van der Waals surface area contributed by atoms with E-state index in [0.29, 0.717) is 12.4 Å². The van der Waals surface area contributed by atoms with Gasteiger partial charge in [0.25, 0.3) is 0 Å². The largest absolute Gasteiger partial charge is 0.354 e. The van der Waals surface area contributed by atoms with Crippen molar-refractivity contribution in [3.05, 3.63) is 41.3 Å². The number of benzene rings is 1. The van der Waals surface area contributed by atoms with Gasteiger partial charge in [-0.15, -0.1) is 0 Å². The highest BCUT2D eigenvalue weighted by Gasteiger charge is 2.23. The molecule has 3 heterocycles. The average Bonchev–Trinajstić information content (AvgIpc) is 2.95. The van der Waals surface area contributed by atoms with Gasteiger partial charge < -0.3 is 15.1 Å². The normalized spacial score (nSPS) is 14.9. The van der Waals surface area contributed by atoms with Crippen LogP contribution in [-0.4, -0.2) is 62.9 Å². The van der Waals surface area contributed by atoms with Crippen molar-refractivity contribution in [1.82, 2.24) is 30.0 Å². The molecule has 4 rings (SSSR count). The molecule has 3 aromatic rings. The minimum Gasteiger partial charge on any atom is -0.354 e. The first-order valence-corrected chi connectivity index (χ1v) is 10.9. The smallest absolute Gasteiger partial charge is 0.317 e. The average molecular weight is 422 g/mol. The molecule has 0 unspecified atom stereocenters. The van der Waals surface area contributed by atoms with Crippen molar-refractivity contribution >= 4 is 22.9 Å². The van der Waals surface area contributed by atoms with E-state index in [4.69, 9.17) is 9.97 Å². The van der Waals surface area contributed by atoms with E-state index >= 15 is 0 Å². The predicted octanol–water partition coefficient (Wildman–Crippen LogP) is 3.37. The molecule has 8 heteroatoms. The highest BCUT2D eigenvalue weighted by Crippen LogP contribution is 2.27. The Morgan fingerprint density at radius 3 is 2.61 bits per heavy atom. The summed E-state index contributed by atoms with van der Waals surface area (Å²) >= 11 is 0. The number of nitrogens with zero attached hydrogens (tertiary/aromatic N) is 6. The van der Waals surface area contributed by atoms with Crippen LogP contribution in [0.3, 0.4) is 0 Å². The van der Waals surface area contributed by atoms with Crippen LogP contribution < -0.4 is 10.2 Å².